The van der Waals surface area contributed by atoms with E-state index >= 15 is 0 Å². The van der Waals surface area contributed by atoms with Crippen LogP contribution in [0.4, 0.5) is 0 Å². The van der Waals surface area contributed by atoms with Crippen LogP contribution >= 0.6 is 0 Å². The molecule has 146 valence electrons. The maximum absolute atomic E-state index is 12.9. The van der Waals surface area contributed by atoms with Crippen LogP contribution in [0, 0.1) is 0 Å². The Hall–Kier alpha value is -3.40. The molecule has 0 saturated carbocycles. The topological polar surface area (TPSA) is 40.6 Å². The summed E-state index contributed by atoms with van der Waals surface area (Å²) in [6.45, 7) is 1.90. The zero-order chi connectivity index (χ0) is 20.2. The molecule has 29 heavy (non-hydrogen) atoms. The van der Waals surface area contributed by atoms with E-state index in [4.69, 9.17) is 0 Å². The van der Waals surface area contributed by atoms with Crippen molar-refractivity contribution in [2.45, 2.75) is 19.5 Å². The van der Waals surface area contributed by atoms with Crippen molar-refractivity contribution in [1.82, 2.24) is 9.80 Å². The average molecular weight is 384 g/mol. The Morgan fingerprint density at radius 1 is 0.828 bits per heavy atom. The second-order valence-corrected chi connectivity index (χ2v) is 7.47. The van der Waals surface area contributed by atoms with Crippen LogP contribution in [0.15, 0.2) is 78.9 Å². The fourth-order valence-electron chi connectivity index (χ4n) is 3.76. The van der Waals surface area contributed by atoms with Gasteiger partial charge in [0.15, 0.2) is 0 Å². The van der Waals surface area contributed by atoms with E-state index in [1.165, 1.54) is 11.1 Å². The molecular weight excluding hydrogens is 360 g/mol. The molecule has 3 aromatic rings. The van der Waals surface area contributed by atoms with E-state index in [2.05, 4.69) is 12.1 Å². The minimum Gasteiger partial charge on any atom is -0.337 e. The van der Waals surface area contributed by atoms with Gasteiger partial charge in [0.05, 0.1) is 0 Å². The van der Waals surface area contributed by atoms with Crippen LogP contribution < -0.4 is 0 Å². The third-order valence-corrected chi connectivity index (χ3v) is 5.41. The smallest absolute Gasteiger partial charge is 0.254 e. The third kappa shape index (κ3) is 4.21. The molecule has 0 fully saturated rings. The summed E-state index contributed by atoms with van der Waals surface area (Å²) in [4.78, 5) is 29.2. The maximum Gasteiger partial charge on any atom is 0.254 e. The van der Waals surface area contributed by atoms with Crippen molar-refractivity contribution in [3.05, 3.63) is 107 Å². The lowest BCUT2D eigenvalue weighted by Gasteiger charge is -2.29. The lowest BCUT2D eigenvalue weighted by molar-refractivity contribution is 0.0732. The molecule has 0 bridgehead atoms. The highest BCUT2D eigenvalue weighted by atomic mass is 16.2. The maximum atomic E-state index is 12.9. The van der Waals surface area contributed by atoms with Crippen molar-refractivity contribution in [1.29, 1.82) is 0 Å². The normalized spacial score (nSPS) is 12.9. The highest BCUT2D eigenvalue weighted by molar-refractivity contribution is 5.97. The molecule has 0 radical (unpaired) electrons. The lowest BCUT2D eigenvalue weighted by atomic mass is 9.99. The van der Waals surface area contributed by atoms with Crippen LogP contribution in [0.25, 0.3) is 0 Å². The van der Waals surface area contributed by atoms with Gasteiger partial charge in [-0.3, -0.25) is 9.59 Å². The highest BCUT2D eigenvalue weighted by Crippen LogP contribution is 2.20. The van der Waals surface area contributed by atoms with E-state index in [1.807, 2.05) is 47.4 Å². The number of hydrogen-bond acceptors (Lipinski definition) is 2. The van der Waals surface area contributed by atoms with E-state index in [-0.39, 0.29) is 11.8 Å². The van der Waals surface area contributed by atoms with Crippen molar-refractivity contribution in [3.8, 4) is 0 Å². The summed E-state index contributed by atoms with van der Waals surface area (Å²) in [5.74, 6) is -0.0455. The van der Waals surface area contributed by atoms with E-state index in [9.17, 15) is 9.59 Å². The Labute approximate surface area is 171 Å². The SMILES string of the molecule is CN(Cc1ccccc1)C(=O)c1ccc(C(=O)N2CCc3ccccc3C2)cc1. The third-order valence-electron chi connectivity index (χ3n) is 5.41. The molecular formula is C25H24N2O2. The monoisotopic (exact) mass is 384 g/mol. The quantitative estimate of drug-likeness (QED) is 0.678. The summed E-state index contributed by atoms with van der Waals surface area (Å²) in [5.41, 5.74) is 4.82. The minimum atomic E-state index is -0.0558. The predicted molar refractivity (Wildman–Crippen MR) is 114 cm³/mol. The molecule has 4 nitrogen and oxygen atoms in total. The largest absolute Gasteiger partial charge is 0.337 e. The Morgan fingerprint density at radius 3 is 2.17 bits per heavy atom. The Kier molecular flexibility index (Phi) is 5.43. The molecule has 1 heterocycles. The van der Waals surface area contributed by atoms with Crippen molar-refractivity contribution < 1.29 is 9.59 Å². The minimum absolute atomic E-state index is 0.0103. The number of hydrogen-bond donors (Lipinski definition) is 0. The molecule has 4 heteroatoms. The molecule has 0 unspecified atom stereocenters. The van der Waals surface area contributed by atoms with Gasteiger partial charge in [0.2, 0.25) is 0 Å². The van der Waals surface area contributed by atoms with Crippen molar-refractivity contribution in [3.63, 3.8) is 0 Å². The molecule has 0 spiro atoms. The Bertz CT molecular complexity index is 1010. The van der Waals surface area contributed by atoms with Gasteiger partial charge in [-0.25, -0.2) is 0 Å². The van der Waals surface area contributed by atoms with Gasteiger partial charge in [-0.2, -0.15) is 0 Å². The van der Waals surface area contributed by atoms with Gasteiger partial charge in [0.25, 0.3) is 11.8 Å². The second kappa shape index (κ2) is 8.31. The van der Waals surface area contributed by atoms with E-state index in [1.54, 1.807) is 36.2 Å². The van der Waals surface area contributed by atoms with Gasteiger partial charge in [-0.15, -0.1) is 0 Å². The van der Waals surface area contributed by atoms with E-state index in [0.29, 0.717) is 24.2 Å². The van der Waals surface area contributed by atoms with Crippen LogP contribution in [0.2, 0.25) is 0 Å². The number of benzene rings is 3. The van der Waals surface area contributed by atoms with Crippen molar-refractivity contribution in [2.75, 3.05) is 13.6 Å². The average Bonchev–Trinajstić information content (AvgIpc) is 2.78. The van der Waals surface area contributed by atoms with Gasteiger partial charge in [0, 0.05) is 37.8 Å². The van der Waals surface area contributed by atoms with Crippen molar-refractivity contribution in [2.24, 2.45) is 0 Å². The van der Waals surface area contributed by atoms with Crippen LogP contribution in [-0.2, 0) is 19.5 Å². The number of carbonyl (C=O) groups excluding carboxylic acids is 2. The molecule has 0 N–H and O–H groups in total. The number of amides is 2. The number of nitrogens with zero attached hydrogens (tertiary/aromatic N) is 2. The van der Waals surface area contributed by atoms with E-state index in [0.717, 1.165) is 18.5 Å². The van der Waals surface area contributed by atoms with Gasteiger partial charge >= 0.3 is 0 Å². The molecule has 2 amide bonds. The molecule has 1 aliphatic heterocycles. The first-order valence-electron chi connectivity index (χ1n) is 9.87. The van der Waals surface area contributed by atoms with Gasteiger partial charge in [-0.1, -0.05) is 54.6 Å². The summed E-state index contributed by atoms with van der Waals surface area (Å²) < 4.78 is 0. The molecule has 4 rings (SSSR count). The highest BCUT2D eigenvalue weighted by Gasteiger charge is 2.22. The number of carbonyl (C=O) groups is 2. The summed E-state index contributed by atoms with van der Waals surface area (Å²) in [6.07, 6.45) is 0.878. The van der Waals surface area contributed by atoms with E-state index < -0.39 is 0 Å². The van der Waals surface area contributed by atoms with Crippen LogP contribution in [0.5, 0.6) is 0 Å². The molecule has 0 aliphatic carbocycles. The summed E-state index contributed by atoms with van der Waals surface area (Å²) in [6, 6.07) is 25.2. The summed E-state index contributed by atoms with van der Waals surface area (Å²) in [7, 11) is 1.79. The van der Waals surface area contributed by atoms with Gasteiger partial charge in [0.1, 0.15) is 0 Å². The molecule has 1 aliphatic rings. The zero-order valence-corrected chi connectivity index (χ0v) is 16.5. The first-order valence-corrected chi connectivity index (χ1v) is 9.87. The second-order valence-electron chi connectivity index (χ2n) is 7.47. The number of fused-ring (bicyclic) bond motifs is 1. The predicted octanol–water partition coefficient (Wildman–Crippen LogP) is 4.16. The van der Waals surface area contributed by atoms with Gasteiger partial charge in [-0.05, 0) is 47.4 Å². The lowest BCUT2D eigenvalue weighted by Crippen LogP contribution is -2.36. The fourth-order valence-corrected chi connectivity index (χ4v) is 3.76. The molecule has 0 atom stereocenters. The molecule has 0 aromatic heterocycles. The first-order chi connectivity index (χ1) is 14.1. The Balaban J connectivity index is 1.42. The fraction of sp³-hybridized carbons (Fsp3) is 0.200. The molecule has 3 aromatic carbocycles. The standard InChI is InChI=1S/C25H24N2O2/c1-26(17-19-7-3-2-4-8-19)24(28)21-11-13-22(14-12-21)25(29)27-16-15-20-9-5-6-10-23(20)18-27/h2-14H,15-18H2,1H3. The summed E-state index contributed by atoms with van der Waals surface area (Å²) >= 11 is 0. The van der Waals surface area contributed by atoms with Crippen LogP contribution in [-0.4, -0.2) is 35.2 Å². The van der Waals surface area contributed by atoms with Gasteiger partial charge < -0.3 is 9.80 Å². The first kappa shape index (κ1) is 18.9. The molecule has 0 saturated heterocycles. The van der Waals surface area contributed by atoms with Crippen LogP contribution in [0.3, 0.4) is 0 Å². The van der Waals surface area contributed by atoms with Crippen LogP contribution in [0.1, 0.15) is 37.4 Å². The van der Waals surface area contributed by atoms with Crippen molar-refractivity contribution >= 4 is 11.8 Å². The summed E-state index contributed by atoms with van der Waals surface area (Å²) in [5, 5.41) is 0. The number of rotatable bonds is 4. The Morgan fingerprint density at radius 2 is 1.45 bits per heavy atom. The zero-order valence-electron chi connectivity index (χ0n) is 16.5.